The standard InChI is InChI=1S/C20H27NO3/c1-13-12-17(14(2)24-13)18(22)10-11-21-19(23)15-6-8-16(9-7-15)20(3,4)5/h6-9,12,18,22H,10-11H2,1-5H3,(H,21,23). The Bertz CT molecular complexity index is 693. The van der Waals surface area contributed by atoms with E-state index in [4.69, 9.17) is 4.42 Å². The van der Waals surface area contributed by atoms with Crippen LogP contribution in [-0.4, -0.2) is 17.6 Å². The number of amides is 1. The van der Waals surface area contributed by atoms with Gasteiger partial charge in [0, 0.05) is 17.7 Å². The molecule has 2 rings (SSSR count). The molecular formula is C20H27NO3. The lowest BCUT2D eigenvalue weighted by atomic mass is 9.87. The highest BCUT2D eigenvalue weighted by Gasteiger charge is 2.16. The zero-order chi connectivity index (χ0) is 17.9. The van der Waals surface area contributed by atoms with Gasteiger partial charge < -0.3 is 14.8 Å². The van der Waals surface area contributed by atoms with Gasteiger partial charge in [-0.3, -0.25) is 4.79 Å². The number of rotatable bonds is 5. The summed E-state index contributed by atoms with van der Waals surface area (Å²) in [6, 6.07) is 9.50. The Hall–Kier alpha value is -2.07. The third-order valence-corrected chi connectivity index (χ3v) is 4.15. The van der Waals surface area contributed by atoms with E-state index in [1.165, 1.54) is 5.56 Å². The van der Waals surface area contributed by atoms with E-state index in [-0.39, 0.29) is 11.3 Å². The highest BCUT2D eigenvalue weighted by atomic mass is 16.3. The van der Waals surface area contributed by atoms with Crippen LogP contribution in [0.1, 0.15) is 66.3 Å². The van der Waals surface area contributed by atoms with Gasteiger partial charge in [0.1, 0.15) is 11.5 Å². The first-order valence-corrected chi connectivity index (χ1v) is 8.32. The molecule has 24 heavy (non-hydrogen) atoms. The van der Waals surface area contributed by atoms with Crippen LogP contribution in [0.3, 0.4) is 0 Å². The maximum atomic E-state index is 12.2. The zero-order valence-corrected chi connectivity index (χ0v) is 15.1. The molecule has 2 aromatic rings. The normalized spacial score (nSPS) is 12.9. The van der Waals surface area contributed by atoms with Gasteiger partial charge in [-0.2, -0.15) is 0 Å². The lowest BCUT2D eigenvalue weighted by molar-refractivity contribution is 0.0942. The monoisotopic (exact) mass is 329 g/mol. The summed E-state index contributed by atoms with van der Waals surface area (Å²) in [5, 5.41) is 13.1. The molecule has 0 radical (unpaired) electrons. The van der Waals surface area contributed by atoms with Crippen LogP contribution in [0.15, 0.2) is 34.7 Å². The van der Waals surface area contributed by atoms with Crippen molar-refractivity contribution in [2.75, 3.05) is 6.54 Å². The summed E-state index contributed by atoms with van der Waals surface area (Å²) in [6.45, 7) is 10.5. The molecule has 4 heteroatoms. The number of benzene rings is 1. The van der Waals surface area contributed by atoms with Crippen molar-refractivity contribution in [3.63, 3.8) is 0 Å². The predicted octanol–water partition coefficient (Wildman–Crippen LogP) is 4.05. The SMILES string of the molecule is Cc1cc(C(O)CCNC(=O)c2ccc(C(C)(C)C)cc2)c(C)o1. The molecule has 0 fully saturated rings. The molecular weight excluding hydrogens is 302 g/mol. The van der Waals surface area contributed by atoms with E-state index in [9.17, 15) is 9.90 Å². The topological polar surface area (TPSA) is 62.5 Å². The Kier molecular flexibility index (Phi) is 5.50. The quantitative estimate of drug-likeness (QED) is 0.870. The number of carbonyl (C=O) groups is 1. The molecule has 1 atom stereocenters. The average Bonchev–Trinajstić information content (AvgIpc) is 2.85. The molecule has 0 aliphatic heterocycles. The summed E-state index contributed by atoms with van der Waals surface area (Å²) in [5.74, 6) is 1.39. The Balaban J connectivity index is 1.88. The Morgan fingerprint density at radius 2 is 1.83 bits per heavy atom. The summed E-state index contributed by atoms with van der Waals surface area (Å²) in [5.41, 5.74) is 2.68. The minimum atomic E-state index is -0.633. The van der Waals surface area contributed by atoms with Crippen LogP contribution in [0.2, 0.25) is 0 Å². The molecule has 2 N–H and O–H groups in total. The largest absolute Gasteiger partial charge is 0.466 e. The Morgan fingerprint density at radius 3 is 2.33 bits per heavy atom. The molecule has 0 spiro atoms. The first-order chi connectivity index (χ1) is 11.2. The predicted molar refractivity (Wildman–Crippen MR) is 95.2 cm³/mol. The van der Waals surface area contributed by atoms with Crippen molar-refractivity contribution < 1.29 is 14.3 Å². The molecule has 0 aliphatic carbocycles. The van der Waals surface area contributed by atoms with Crippen molar-refractivity contribution in [3.8, 4) is 0 Å². The number of aliphatic hydroxyl groups is 1. The van der Waals surface area contributed by atoms with E-state index < -0.39 is 6.10 Å². The fourth-order valence-electron chi connectivity index (χ4n) is 2.68. The number of aliphatic hydroxyl groups excluding tert-OH is 1. The summed E-state index contributed by atoms with van der Waals surface area (Å²) in [6.07, 6.45) is -0.183. The fourth-order valence-corrected chi connectivity index (χ4v) is 2.68. The van der Waals surface area contributed by atoms with Crippen molar-refractivity contribution in [2.45, 2.75) is 52.6 Å². The summed E-state index contributed by atoms with van der Waals surface area (Å²) in [4.78, 5) is 12.2. The van der Waals surface area contributed by atoms with Crippen LogP contribution in [0.5, 0.6) is 0 Å². The van der Waals surface area contributed by atoms with E-state index in [1.54, 1.807) is 0 Å². The number of carbonyl (C=O) groups excluding carboxylic acids is 1. The molecule has 0 saturated heterocycles. The molecule has 1 aromatic heterocycles. The Morgan fingerprint density at radius 1 is 1.21 bits per heavy atom. The maximum absolute atomic E-state index is 12.2. The average molecular weight is 329 g/mol. The first kappa shape index (κ1) is 18.3. The lowest BCUT2D eigenvalue weighted by Gasteiger charge is -2.19. The van der Waals surface area contributed by atoms with Gasteiger partial charge in [-0.05, 0) is 49.4 Å². The zero-order valence-electron chi connectivity index (χ0n) is 15.1. The third kappa shape index (κ3) is 4.48. The van der Waals surface area contributed by atoms with E-state index in [1.807, 2.05) is 44.2 Å². The van der Waals surface area contributed by atoms with Gasteiger partial charge >= 0.3 is 0 Å². The van der Waals surface area contributed by atoms with E-state index in [0.717, 1.165) is 17.1 Å². The molecule has 0 saturated carbocycles. The van der Waals surface area contributed by atoms with Crippen molar-refractivity contribution >= 4 is 5.91 Å². The molecule has 0 bridgehead atoms. The molecule has 1 aromatic carbocycles. The third-order valence-electron chi connectivity index (χ3n) is 4.15. The second kappa shape index (κ2) is 7.22. The van der Waals surface area contributed by atoms with Crippen LogP contribution in [0, 0.1) is 13.8 Å². The fraction of sp³-hybridized carbons (Fsp3) is 0.450. The number of nitrogens with one attached hydrogen (secondary N) is 1. The Labute approximate surface area is 143 Å². The minimum Gasteiger partial charge on any atom is -0.466 e. The molecule has 1 amide bonds. The highest BCUT2D eigenvalue weighted by molar-refractivity contribution is 5.94. The van der Waals surface area contributed by atoms with E-state index in [2.05, 4.69) is 26.1 Å². The summed E-state index contributed by atoms with van der Waals surface area (Å²) < 4.78 is 5.42. The molecule has 0 aliphatic rings. The van der Waals surface area contributed by atoms with Crippen LogP contribution < -0.4 is 5.32 Å². The summed E-state index contributed by atoms with van der Waals surface area (Å²) in [7, 11) is 0. The van der Waals surface area contributed by atoms with Gasteiger partial charge in [-0.25, -0.2) is 0 Å². The molecule has 1 unspecified atom stereocenters. The van der Waals surface area contributed by atoms with Gasteiger partial charge in [0.15, 0.2) is 0 Å². The van der Waals surface area contributed by atoms with Crippen molar-refractivity contribution in [3.05, 3.63) is 58.5 Å². The number of aryl methyl sites for hydroxylation is 2. The van der Waals surface area contributed by atoms with Crippen LogP contribution in [0.4, 0.5) is 0 Å². The molecule has 1 heterocycles. The van der Waals surface area contributed by atoms with Crippen LogP contribution >= 0.6 is 0 Å². The van der Waals surface area contributed by atoms with Crippen LogP contribution in [-0.2, 0) is 5.41 Å². The lowest BCUT2D eigenvalue weighted by Crippen LogP contribution is -2.25. The van der Waals surface area contributed by atoms with E-state index in [0.29, 0.717) is 18.5 Å². The summed E-state index contributed by atoms with van der Waals surface area (Å²) >= 11 is 0. The second-order valence-corrected chi connectivity index (χ2v) is 7.26. The minimum absolute atomic E-state index is 0.0691. The number of furan rings is 1. The van der Waals surface area contributed by atoms with Crippen molar-refractivity contribution in [1.29, 1.82) is 0 Å². The van der Waals surface area contributed by atoms with Crippen molar-refractivity contribution in [2.24, 2.45) is 0 Å². The van der Waals surface area contributed by atoms with Gasteiger partial charge in [0.25, 0.3) is 5.91 Å². The van der Waals surface area contributed by atoms with E-state index >= 15 is 0 Å². The molecule has 4 nitrogen and oxygen atoms in total. The first-order valence-electron chi connectivity index (χ1n) is 8.32. The maximum Gasteiger partial charge on any atom is 0.251 e. The highest BCUT2D eigenvalue weighted by Crippen LogP contribution is 2.24. The number of hydrogen-bond acceptors (Lipinski definition) is 3. The van der Waals surface area contributed by atoms with Gasteiger partial charge in [-0.1, -0.05) is 32.9 Å². The van der Waals surface area contributed by atoms with Crippen molar-refractivity contribution in [1.82, 2.24) is 5.32 Å². The van der Waals surface area contributed by atoms with Gasteiger partial charge in [0.05, 0.1) is 6.10 Å². The second-order valence-electron chi connectivity index (χ2n) is 7.26. The van der Waals surface area contributed by atoms with Gasteiger partial charge in [0.2, 0.25) is 0 Å². The smallest absolute Gasteiger partial charge is 0.251 e. The van der Waals surface area contributed by atoms with Gasteiger partial charge in [-0.15, -0.1) is 0 Å². The number of hydrogen-bond donors (Lipinski definition) is 2. The van der Waals surface area contributed by atoms with Crippen LogP contribution in [0.25, 0.3) is 0 Å². The molecule has 130 valence electrons.